The van der Waals surface area contributed by atoms with Crippen molar-refractivity contribution in [2.75, 3.05) is 0 Å². The largest absolute Gasteiger partial charge is 0.119 e. The van der Waals surface area contributed by atoms with Crippen molar-refractivity contribution < 1.29 is 0 Å². The van der Waals surface area contributed by atoms with E-state index in [1.807, 2.05) is 11.8 Å². The SMILES string of the molecule is CC(/C=C\C=C/Cc1ccccc1)Sc1ccccc1. The molecule has 102 valence electrons. The van der Waals surface area contributed by atoms with Crippen molar-refractivity contribution in [3.63, 3.8) is 0 Å². The first-order valence-electron chi connectivity index (χ1n) is 6.93. The number of hydrogen-bond donors (Lipinski definition) is 0. The fourth-order valence-electron chi connectivity index (χ4n) is 1.87. The van der Waals surface area contributed by atoms with Crippen molar-refractivity contribution in [1.29, 1.82) is 0 Å². The fraction of sp³-hybridized carbons (Fsp3) is 0.158. The van der Waals surface area contributed by atoms with E-state index in [9.17, 15) is 0 Å². The van der Waals surface area contributed by atoms with Gasteiger partial charge in [0.15, 0.2) is 0 Å². The van der Waals surface area contributed by atoms with Crippen molar-refractivity contribution in [2.24, 2.45) is 0 Å². The Kier molecular flexibility index (Phi) is 6.19. The Labute approximate surface area is 126 Å². The van der Waals surface area contributed by atoms with Crippen LogP contribution in [0, 0.1) is 0 Å². The van der Waals surface area contributed by atoms with Crippen molar-refractivity contribution in [3.05, 3.63) is 90.5 Å². The monoisotopic (exact) mass is 280 g/mol. The van der Waals surface area contributed by atoms with Gasteiger partial charge in [-0.25, -0.2) is 0 Å². The second kappa shape index (κ2) is 8.44. The average Bonchev–Trinajstić information content (AvgIpc) is 2.49. The molecule has 0 aliphatic heterocycles. The molecule has 1 unspecified atom stereocenters. The summed E-state index contributed by atoms with van der Waals surface area (Å²) >= 11 is 1.88. The summed E-state index contributed by atoms with van der Waals surface area (Å²) in [5.74, 6) is 0. The Morgan fingerprint density at radius 1 is 0.900 bits per heavy atom. The van der Waals surface area contributed by atoms with Crippen LogP contribution in [0.1, 0.15) is 12.5 Å². The van der Waals surface area contributed by atoms with Crippen LogP contribution in [-0.4, -0.2) is 5.25 Å². The van der Waals surface area contributed by atoms with Gasteiger partial charge in [-0.05, 0) is 31.0 Å². The molecule has 2 aromatic rings. The molecule has 0 spiro atoms. The summed E-state index contributed by atoms with van der Waals surface area (Å²) < 4.78 is 0. The van der Waals surface area contributed by atoms with E-state index < -0.39 is 0 Å². The maximum atomic E-state index is 2.24. The van der Waals surface area contributed by atoms with Gasteiger partial charge in [0.2, 0.25) is 0 Å². The maximum Gasteiger partial charge on any atom is 0.0249 e. The molecule has 0 aliphatic carbocycles. The molecule has 0 bridgehead atoms. The van der Waals surface area contributed by atoms with Gasteiger partial charge in [0.1, 0.15) is 0 Å². The minimum absolute atomic E-state index is 0.485. The van der Waals surface area contributed by atoms with Crippen molar-refractivity contribution in [3.8, 4) is 0 Å². The van der Waals surface area contributed by atoms with Gasteiger partial charge in [0.25, 0.3) is 0 Å². The van der Waals surface area contributed by atoms with Gasteiger partial charge >= 0.3 is 0 Å². The predicted molar refractivity (Wildman–Crippen MR) is 90.2 cm³/mol. The van der Waals surface area contributed by atoms with Crippen molar-refractivity contribution >= 4 is 11.8 Å². The topological polar surface area (TPSA) is 0 Å². The molecule has 1 atom stereocenters. The lowest BCUT2D eigenvalue weighted by Crippen LogP contribution is -1.88. The third-order valence-corrected chi connectivity index (χ3v) is 3.96. The highest BCUT2D eigenvalue weighted by molar-refractivity contribution is 8.00. The standard InChI is InChI=1S/C19H20S/c1-17(20-19-15-9-4-10-16-19)11-5-2-6-12-18-13-7-3-8-14-18/h2-11,13-17H,12H2,1H3/b6-2-,11-5-. The molecule has 0 saturated carbocycles. The van der Waals surface area contributed by atoms with Crippen LogP contribution in [0.2, 0.25) is 0 Å². The van der Waals surface area contributed by atoms with E-state index in [4.69, 9.17) is 0 Å². The zero-order chi connectivity index (χ0) is 14.0. The van der Waals surface area contributed by atoms with E-state index in [-0.39, 0.29) is 0 Å². The summed E-state index contributed by atoms with van der Waals surface area (Å²) in [6.45, 7) is 2.22. The van der Waals surface area contributed by atoms with E-state index in [0.29, 0.717) is 5.25 Å². The van der Waals surface area contributed by atoms with Gasteiger partial charge in [-0.1, -0.05) is 72.8 Å². The van der Waals surface area contributed by atoms with Crippen molar-refractivity contribution in [2.45, 2.75) is 23.5 Å². The van der Waals surface area contributed by atoms with Gasteiger partial charge < -0.3 is 0 Å². The molecule has 0 fully saturated rings. The molecular weight excluding hydrogens is 260 g/mol. The number of thioether (sulfide) groups is 1. The average molecular weight is 280 g/mol. The number of benzene rings is 2. The van der Waals surface area contributed by atoms with Gasteiger partial charge in [-0.2, -0.15) is 0 Å². The fourth-order valence-corrected chi connectivity index (χ4v) is 2.78. The lowest BCUT2D eigenvalue weighted by Gasteiger charge is -2.04. The smallest absolute Gasteiger partial charge is 0.0249 e. The number of allylic oxidation sites excluding steroid dienone is 3. The van der Waals surface area contributed by atoms with Gasteiger partial charge in [0.05, 0.1) is 0 Å². The number of rotatable bonds is 6. The van der Waals surface area contributed by atoms with Crippen LogP contribution in [0.5, 0.6) is 0 Å². The van der Waals surface area contributed by atoms with Crippen LogP contribution in [0.25, 0.3) is 0 Å². The molecule has 1 heteroatoms. The van der Waals surface area contributed by atoms with Crippen LogP contribution < -0.4 is 0 Å². The molecule has 0 nitrogen and oxygen atoms in total. The van der Waals surface area contributed by atoms with Crippen LogP contribution >= 0.6 is 11.8 Å². The first-order chi connectivity index (χ1) is 9.84. The molecule has 0 amide bonds. The molecule has 2 rings (SSSR count). The van der Waals surface area contributed by atoms with Crippen LogP contribution in [0.15, 0.2) is 89.9 Å². The molecule has 2 aromatic carbocycles. The minimum atomic E-state index is 0.485. The zero-order valence-electron chi connectivity index (χ0n) is 11.8. The Morgan fingerprint density at radius 2 is 1.55 bits per heavy atom. The summed E-state index contributed by atoms with van der Waals surface area (Å²) in [5, 5.41) is 0.485. The van der Waals surface area contributed by atoms with Crippen LogP contribution in [0.4, 0.5) is 0 Å². The summed E-state index contributed by atoms with van der Waals surface area (Å²) in [4.78, 5) is 1.32. The lowest BCUT2D eigenvalue weighted by atomic mass is 10.1. The molecule has 0 radical (unpaired) electrons. The van der Waals surface area contributed by atoms with E-state index >= 15 is 0 Å². The summed E-state index contributed by atoms with van der Waals surface area (Å²) in [7, 11) is 0. The lowest BCUT2D eigenvalue weighted by molar-refractivity contribution is 1.23. The second-order valence-electron chi connectivity index (χ2n) is 4.64. The highest BCUT2D eigenvalue weighted by atomic mass is 32.2. The van der Waals surface area contributed by atoms with Crippen LogP contribution in [-0.2, 0) is 6.42 Å². The molecule has 20 heavy (non-hydrogen) atoms. The number of hydrogen-bond acceptors (Lipinski definition) is 1. The first-order valence-corrected chi connectivity index (χ1v) is 7.81. The Morgan fingerprint density at radius 3 is 2.25 bits per heavy atom. The highest BCUT2D eigenvalue weighted by Gasteiger charge is 1.98. The quantitative estimate of drug-likeness (QED) is 0.496. The summed E-state index contributed by atoms with van der Waals surface area (Å²) in [6, 6.07) is 21.0. The highest BCUT2D eigenvalue weighted by Crippen LogP contribution is 2.23. The van der Waals surface area contributed by atoms with Crippen molar-refractivity contribution in [1.82, 2.24) is 0 Å². The van der Waals surface area contributed by atoms with E-state index in [1.54, 1.807) is 0 Å². The minimum Gasteiger partial charge on any atom is -0.119 e. The zero-order valence-corrected chi connectivity index (χ0v) is 12.6. The molecular formula is C19H20S. The van der Waals surface area contributed by atoms with E-state index in [1.165, 1.54) is 10.5 Å². The molecule has 0 heterocycles. The second-order valence-corrected chi connectivity index (χ2v) is 6.09. The van der Waals surface area contributed by atoms with Gasteiger partial charge in [0, 0.05) is 10.1 Å². The van der Waals surface area contributed by atoms with E-state index in [0.717, 1.165) is 6.42 Å². The Balaban J connectivity index is 1.75. The third-order valence-electron chi connectivity index (χ3n) is 2.89. The Hall–Kier alpha value is -1.73. The molecule has 0 saturated heterocycles. The first kappa shape index (κ1) is 14.7. The van der Waals surface area contributed by atoms with Gasteiger partial charge in [-0.15, -0.1) is 11.8 Å². The molecule has 0 N–H and O–H groups in total. The van der Waals surface area contributed by atoms with E-state index in [2.05, 4.69) is 91.9 Å². The maximum absolute atomic E-state index is 2.24. The van der Waals surface area contributed by atoms with Crippen LogP contribution in [0.3, 0.4) is 0 Å². The summed E-state index contributed by atoms with van der Waals surface area (Å²) in [5.41, 5.74) is 1.35. The summed E-state index contributed by atoms with van der Waals surface area (Å²) in [6.07, 6.45) is 9.70. The predicted octanol–water partition coefficient (Wildman–Crippen LogP) is 5.52. The molecule has 0 aliphatic rings. The normalized spacial score (nSPS) is 13.1. The van der Waals surface area contributed by atoms with Gasteiger partial charge in [-0.3, -0.25) is 0 Å². The third kappa shape index (κ3) is 5.50. The molecule has 0 aromatic heterocycles. The Bertz CT molecular complexity index is 540.